The number of carbonyl (C=O) groups excluding carboxylic acids is 1. The van der Waals surface area contributed by atoms with Crippen molar-refractivity contribution in [2.75, 3.05) is 7.11 Å². The predicted octanol–water partition coefficient (Wildman–Crippen LogP) is 2.99. The molecule has 1 aromatic rings. The van der Waals surface area contributed by atoms with E-state index in [9.17, 15) is 9.90 Å². The van der Waals surface area contributed by atoms with Gasteiger partial charge in [-0.1, -0.05) is 13.3 Å². The summed E-state index contributed by atoms with van der Waals surface area (Å²) >= 11 is 0. The monoisotopic (exact) mass is 207 g/mol. The van der Waals surface area contributed by atoms with E-state index in [4.69, 9.17) is 4.74 Å². The number of ether oxygens (including phenoxy) is 1. The fourth-order valence-electron chi connectivity index (χ4n) is 1.61. The Hall–Kier alpha value is -1.51. The van der Waals surface area contributed by atoms with Crippen LogP contribution in [0.1, 0.15) is 36.2 Å². The fraction of sp³-hybridized carbons (Fsp3) is 0.417. The van der Waals surface area contributed by atoms with E-state index in [0.29, 0.717) is 23.3 Å². The smallest absolute Gasteiger partial charge is 0.185 e. The molecule has 0 amide bonds. The second-order valence-electron chi connectivity index (χ2n) is 3.43. The first-order valence-corrected chi connectivity index (χ1v) is 4.99. The van der Waals surface area contributed by atoms with Crippen LogP contribution in [-0.4, -0.2) is 12.9 Å². The lowest BCUT2D eigenvalue weighted by atomic mass is 10.0. The molecular weight excluding hydrogens is 192 g/mol. The van der Waals surface area contributed by atoms with Crippen LogP contribution in [0.5, 0.6) is 11.5 Å². The maximum atomic E-state index is 11.6. The van der Waals surface area contributed by atoms with E-state index < -0.39 is 0 Å². The second kappa shape index (κ2) is 4.82. The first-order chi connectivity index (χ1) is 7.11. The molecule has 0 fully saturated rings. The Morgan fingerprint density at radius 3 is 2.53 bits per heavy atom. The minimum atomic E-state index is -0.0794. The van der Waals surface area contributed by atoms with Gasteiger partial charge in [0.05, 0.1) is 12.7 Å². The molecule has 1 radical (unpaired) electrons. The van der Waals surface area contributed by atoms with Crippen LogP contribution >= 0.6 is 0 Å². The summed E-state index contributed by atoms with van der Waals surface area (Å²) in [4.78, 5) is 11.3. The van der Waals surface area contributed by atoms with Crippen molar-refractivity contribution in [1.29, 1.82) is 0 Å². The number of hydrogen-bond donors (Lipinski definition) is 0. The molecular formula is C12H15O3. The van der Waals surface area contributed by atoms with Gasteiger partial charge < -0.3 is 4.74 Å². The predicted molar refractivity (Wildman–Crippen MR) is 57.1 cm³/mol. The first kappa shape index (κ1) is 11.6. The topological polar surface area (TPSA) is 46.2 Å². The molecule has 1 rings (SSSR count). The lowest BCUT2D eigenvalue weighted by Crippen LogP contribution is -2.01. The molecule has 0 aliphatic rings. The van der Waals surface area contributed by atoms with Crippen molar-refractivity contribution in [2.24, 2.45) is 0 Å². The van der Waals surface area contributed by atoms with Crippen LogP contribution in [0.3, 0.4) is 0 Å². The minimum Gasteiger partial charge on any atom is -0.496 e. The standard InChI is InChI=1S/C12H15O3/c1-4-5-10-11(14)7-6-9(8(2)13)12(10)15-3/h6-7H,4-5H2,1-3H3. The van der Waals surface area contributed by atoms with Crippen molar-refractivity contribution in [3.05, 3.63) is 23.3 Å². The van der Waals surface area contributed by atoms with Crippen molar-refractivity contribution in [3.8, 4) is 11.5 Å². The van der Waals surface area contributed by atoms with Crippen LogP contribution in [-0.2, 0) is 11.5 Å². The number of carbonyl (C=O) groups is 1. The Labute approximate surface area is 89.7 Å². The summed E-state index contributed by atoms with van der Waals surface area (Å²) in [6.45, 7) is 3.46. The fourth-order valence-corrected chi connectivity index (χ4v) is 1.61. The average molecular weight is 207 g/mol. The summed E-state index contributed by atoms with van der Waals surface area (Å²) in [5.74, 6) is 0.305. The third kappa shape index (κ3) is 2.29. The molecule has 1 aromatic carbocycles. The zero-order chi connectivity index (χ0) is 11.4. The van der Waals surface area contributed by atoms with Crippen LogP contribution in [0.15, 0.2) is 12.1 Å². The SMILES string of the molecule is CCCc1c([O])ccc(C(C)=O)c1OC. The molecule has 0 heterocycles. The molecule has 15 heavy (non-hydrogen) atoms. The van der Waals surface area contributed by atoms with E-state index in [2.05, 4.69) is 0 Å². The maximum Gasteiger partial charge on any atom is 0.185 e. The number of methoxy groups -OCH3 is 1. The summed E-state index contributed by atoms with van der Waals surface area (Å²) < 4.78 is 5.15. The molecule has 0 saturated heterocycles. The van der Waals surface area contributed by atoms with Crippen molar-refractivity contribution in [1.82, 2.24) is 0 Å². The molecule has 0 aromatic heterocycles. The highest BCUT2D eigenvalue weighted by atomic mass is 16.5. The van der Waals surface area contributed by atoms with E-state index in [-0.39, 0.29) is 11.5 Å². The molecule has 0 aliphatic heterocycles. The van der Waals surface area contributed by atoms with Gasteiger partial charge in [-0.05, 0) is 25.5 Å². The molecule has 0 N–H and O–H groups in total. The Morgan fingerprint density at radius 1 is 1.40 bits per heavy atom. The third-order valence-electron chi connectivity index (χ3n) is 2.30. The van der Waals surface area contributed by atoms with E-state index in [1.807, 2.05) is 6.92 Å². The van der Waals surface area contributed by atoms with Gasteiger partial charge in [0.25, 0.3) is 0 Å². The molecule has 0 saturated carbocycles. The highest BCUT2D eigenvalue weighted by Crippen LogP contribution is 2.33. The van der Waals surface area contributed by atoms with E-state index in [0.717, 1.165) is 6.42 Å². The highest BCUT2D eigenvalue weighted by Gasteiger charge is 2.16. The normalized spacial score (nSPS) is 10.1. The molecule has 0 bridgehead atoms. The van der Waals surface area contributed by atoms with E-state index in [1.165, 1.54) is 26.2 Å². The Balaban J connectivity index is 3.33. The number of ketones is 1. The second-order valence-corrected chi connectivity index (χ2v) is 3.43. The van der Waals surface area contributed by atoms with Gasteiger partial charge in [0.2, 0.25) is 0 Å². The van der Waals surface area contributed by atoms with Crippen LogP contribution in [0.4, 0.5) is 0 Å². The summed E-state index contributed by atoms with van der Waals surface area (Å²) in [5.41, 5.74) is 1.09. The number of hydrogen-bond acceptors (Lipinski definition) is 2. The third-order valence-corrected chi connectivity index (χ3v) is 2.30. The lowest BCUT2D eigenvalue weighted by Gasteiger charge is -2.11. The summed E-state index contributed by atoms with van der Waals surface area (Å²) in [6, 6.07) is 2.97. The molecule has 81 valence electrons. The summed E-state index contributed by atoms with van der Waals surface area (Å²) in [6.07, 6.45) is 1.50. The largest absolute Gasteiger partial charge is 0.496 e. The van der Waals surface area contributed by atoms with Gasteiger partial charge in [0.1, 0.15) is 5.75 Å². The van der Waals surface area contributed by atoms with Gasteiger partial charge in [0.15, 0.2) is 11.5 Å². The quantitative estimate of drug-likeness (QED) is 0.712. The number of rotatable bonds is 4. The highest BCUT2D eigenvalue weighted by molar-refractivity contribution is 5.97. The van der Waals surface area contributed by atoms with Gasteiger partial charge in [-0.25, -0.2) is 0 Å². The molecule has 0 unspecified atom stereocenters. The Bertz CT molecular complexity index is 369. The van der Waals surface area contributed by atoms with Gasteiger partial charge in [-0.2, -0.15) is 0 Å². The van der Waals surface area contributed by atoms with Crippen molar-refractivity contribution >= 4 is 5.78 Å². The molecule has 0 atom stereocenters. The van der Waals surface area contributed by atoms with Crippen molar-refractivity contribution < 1.29 is 14.6 Å². The summed E-state index contributed by atoms with van der Waals surface area (Å²) in [7, 11) is 1.49. The van der Waals surface area contributed by atoms with Crippen molar-refractivity contribution in [3.63, 3.8) is 0 Å². The Morgan fingerprint density at radius 2 is 2.07 bits per heavy atom. The molecule has 3 heteroatoms. The van der Waals surface area contributed by atoms with Crippen LogP contribution in [0, 0.1) is 0 Å². The van der Waals surface area contributed by atoms with Crippen molar-refractivity contribution in [2.45, 2.75) is 26.7 Å². The van der Waals surface area contributed by atoms with Gasteiger partial charge in [-0.3, -0.25) is 9.90 Å². The maximum absolute atomic E-state index is 11.6. The zero-order valence-corrected chi connectivity index (χ0v) is 9.29. The molecule has 0 spiro atoms. The van der Waals surface area contributed by atoms with E-state index in [1.54, 1.807) is 0 Å². The average Bonchev–Trinajstić information content (AvgIpc) is 2.20. The van der Waals surface area contributed by atoms with Gasteiger partial charge >= 0.3 is 0 Å². The van der Waals surface area contributed by atoms with Crippen LogP contribution in [0.25, 0.3) is 0 Å². The number of Topliss-reactive ketones (excluding diaryl/α,β-unsaturated/α-hetero) is 1. The van der Waals surface area contributed by atoms with Gasteiger partial charge in [0, 0.05) is 5.56 Å². The van der Waals surface area contributed by atoms with Crippen LogP contribution < -0.4 is 4.74 Å². The lowest BCUT2D eigenvalue weighted by molar-refractivity contribution is 0.101. The zero-order valence-electron chi connectivity index (χ0n) is 9.29. The minimum absolute atomic E-state index is 0.0568. The first-order valence-electron chi connectivity index (χ1n) is 4.99. The molecule has 3 nitrogen and oxygen atoms in total. The van der Waals surface area contributed by atoms with Crippen LogP contribution in [0.2, 0.25) is 0 Å². The van der Waals surface area contributed by atoms with Gasteiger partial charge in [-0.15, -0.1) is 0 Å². The van der Waals surface area contributed by atoms with E-state index >= 15 is 0 Å². The number of benzene rings is 1. The summed E-state index contributed by atoms with van der Waals surface area (Å²) in [5, 5.41) is 11.6. The molecule has 0 aliphatic carbocycles. The Kier molecular flexibility index (Phi) is 3.72.